The van der Waals surface area contributed by atoms with Gasteiger partial charge < -0.3 is 14.8 Å². The van der Waals surface area contributed by atoms with Crippen molar-refractivity contribution in [1.29, 1.82) is 0 Å². The molecule has 0 saturated heterocycles. The fraction of sp³-hybridized carbons (Fsp3) is 0.273. The maximum atomic E-state index is 13.0. The van der Waals surface area contributed by atoms with Crippen molar-refractivity contribution in [2.24, 2.45) is 0 Å². The van der Waals surface area contributed by atoms with Gasteiger partial charge in [-0.2, -0.15) is 0 Å². The molecule has 4 heterocycles. The number of hydrogen-bond donors (Lipinski definition) is 2. The van der Waals surface area contributed by atoms with Gasteiger partial charge in [0.1, 0.15) is 17.0 Å². The van der Waals surface area contributed by atoms with E-state index in [1.165, 1.54) is 17.7 Å². The molecule has 0 saturated carbocycles. The number of pyridine rings is 2. The lowest BCUT2D eigenvalue weighted by atomic mass is 10.1. The van der Waals surface area contributed by atoms with Gasteiger partial charge in [-0.3, -0.25) is 13.9 Å². The Hall–Kier alpha value is -3.55. The van der Waals surface area contributed by atoms with E-state index in [0.29, 0.717) is 46.3 Å². The molecule has 0 aromatic carbocycles. The second-order valence-corrected chi connectivity index (χ2v) is 10.6. The van der Waals surface area contributed by atoms with Crippen LogP contribution in [0, 0.1) is 13.8 Å². The molecule has 4 aromatic rings. The van der Waals surface area contributed by atoms with E-state index in [2.05, 4.69) is 25.0 Å². The van der Waals surface area contributed by atoms with Crippen LogP contribution in [0.4, 0.5) is 11.4 Å². The number of thiazole rings is 1. The van der Waals surface area contributed by atoms with Crippen molar-refractivity contribution in [3.63, 3.8) is 0 Å². The average Bonchev–Trinajstić information content (AvgIpc) is 3.19. The summed E-state index contributed by atoms with van der Waals surface area (Å²) in [4.78, 5) is 25.7. The zero-order valence-electron chi connectivity index (χ0n) is 19.5. The summed E-state index contributed by atoms with van der Waals surface area (Å²) < 4.78 is 40.4. The van der Waals surface area contributed by atoms with E-state index < -0.39 is 10.0 Å². The fourth-order valence-corrected chi connectivity index (χ4v) is 5.99. The lowest BCUT2D eigenvalue weighted by Gasteiger charge is -2.13. The second kappa shape index (κ2) is 9.98. The molecule has 0 radical (unpaired) electrons. The fourth-order valence-electron chi connectivity index (χ4n) is 3.46. The number of hydrogen-bond acceptors (Lipinski definition) is 10. The number of aryl methyl sites for hydroxylation is 2. The van der Waals surface area contributed by atoms with Gasteiger partial charge in [0.05, 0.1) is 30.6 Å². The number of nitrogens with one attached hydrogen (secondary N) is 2. The summed E-state index contributed by atoms with van der Waals surface area (Å²) in [5, 5.41) is 3.65. The van der Waals surface area contributed by atoms with Crippen LogP contribution in [0.25, 0.3) is 16.8 Å². The molecule has 0 aliphatic rings. The molecule has 0 amide bonds. The third kappa shape index (κ3) is 5.11. The van der Waals surface area contributed by atoms with Gasteiger partial charge in [-0.1, -0.05) is 0 Å². The van der Waals surface area contributed by atoms with Crippen molar-refractivity contribution in [1.82, 2.24) is 19.4 Å². The first-order chi connectivity index (χ1) is 16.7. The number of rotatable bonds is 9. The normalized spacial score (nSPS) is 11.5. The first kappa shape index (κ1) is 24.6. The van der Waals surface area contributed by atoms with Gasteiger partial charge >= 0.3 is 0 Å². The molecule has 0 spiro atoms. The standard InChI is InChI=1S/C22H24N6O5S2/c1-13-22(34-14(2)26-13)35(30,31)27-17-9-16(10-25-20(17)33-4)15-5-6-19-24-11-18(23-7-8-32-3)21(29)28(19)12-15/h5-6,9-12,23,27H,7-8H2,1-4H3. The Morgan fingerprint density at radius 2 is 1.89 bits per heavy atom. The zero-order chi connectivity index (χ0) is 25.2. The topological polar surface area (TPSA) is 137 Å². The lowest BCUT2D eigenvalue weighted by Crippen LogP contribution is -2.21. The highest BCUT2D eigenvalue weighted by Crippen LogP contribution is 2.32. The average molecular weight is 517 g/mol. The van der Waals surface area contributed by atoms with Crippen LogP contribution in [0.1, 0.15) is 10.7 Å². The Balaban J connectivity index is 1.73. The maximum Gasteiger partial charge on any atom is 0.281 e. The predicted molar refractivity (Wildman–Crippen MR) is 134 cm³/mol. The van der Waals surface area contributed by atoms with E-state index in [4.69, 9.17) is 9.47 Å². The van der Waals surface area contributed by atoms with Crippen molar-refractivity contribution in [2.45, 2.75) is 18.1 Å². The maximum absolute atomic E-state index is 13.0. The van der Waals surface area contributed by atoms with E-state index in [-0.39, 0.29) is 21.3 Å². The molecule has 0 bridgehead atoms. The molecule has 4 aromatic heterocycles. The molecule has 0 aliphatic heterocycles. The van der Waals surface area contributed by atoms with Gasteiger partial charge in [-0.05, 0) is 32.0 Å². The van der Waals surface area contributed by atoms with Gasteiger partial charge in [0.2, 0.25) is 5.88 Å². The number of fused-ring (bicyclic) bond motifs is 1. The molecule has 11 nitrogen and oxygen atoms in total. The molecule has 35 heavy (non-hydrogen) atoms. The highest BCUT2D eigenvalue weighted by Gasteiger charge is 2.23. The minimum atomic E-state index is -3.91. The van der Waals surface area contributed by atoms with Gasteiger partial charge in [-0.25, -0.2) is 23.4 Å². The number of anilines is 2. The predicted octanol–water partition coefficient (Wildman–Crippen LogP) is 2.70. The Morgan fingerprint density at radius 1 is 1.09 bits per heavy atom. The minimum absolute atomic E-state index is 0.112. The molecule has 4 rings (SSSR count). The molecule has 0 aliphatic carbocycles. The van der Waals surface area contributed by atoms with Gasteiger partial charge in [0.15, 0.2) is 4.21 Å². The number of aromatic nitrogens is 4. The van der Waals surface area contributed by atoms with Crippen LogP contribution >= 0.6 is 11.3 Å². The molecule has 0 unspecified atom stereocenters. The smallest absolute Gasteiger partial charge is 0.281 e. The monoisotopic (exact) mass is 516 g/mol. The Bertz CT molecular complexity index is 1550. The molecule has 13 heteroatoms. The van der Waals surface area contributed by atoms with Crippen molar-refractivity contribution in [3.8, 4) is 17.0 Å². The molecular weight excluding hydrogens is 492 g/mol. The summed E-state index contributed by atoms with van der Waals surface area (Å²) >= 11 is 1.08. The first-order valence-corrected chi connectivity index (χ1v) is 12.8. The lowest BCUT2D eigenvalue weighted by molar-refractivity contribution is 0.210. The molecule has 184 valence electrons. The van der Waals surface area contributed by atoms with Crippen LogP contribution in [-0.4, -0.2) is 55.1 Å². The van der Waals surface area contributed by atoms with E-state index in [9.17, 15) is 13.2 Å². The SMILES string of the molecule is COCCNc1cnc2ccc(-c3cnc(OC)c(NS(=O)(=O)c4sc(C)nc4C)c3)cn2c1=O. The summed E-state index contributed by atoms with van der Waals surface area (Å²) in [6.45, 7) is 4.29. The Kier molecular flexibility index (Phi) is 7.00. The van der Waals surface area contributed by atoms with Gasteiger partial charge in [0, 0.05) is 37.2 Å². The van der Waals surface area contributed by atoms with Crippen molar-refractivity contribution in [3.05, 3.63) is 57.8 Å². The largest absolute Gasteiger partial charge is 0.480 e. The van der Waals surface area contributed by atoms with Crippen LogP contribution in [0.3, 0.4) is 0 Å². The van der Waals surface area contributed by atoms with Crippen LogP contribution in [0.5, 0.6) is 5.88 Å². The van der Waals surface area contributed by atoms with Gasteiger partial charge in [-0.15, -0.1) is 11.3 Å². The summed E-state index contributed by atoms with van der Waals surface area (Å²) in [5.74, 6) is 0.112. The highest BCUT2D eigenvalue weighted by molar-refractivity contribution is 7.94. The Morgan fingerprint density at radius 3 is 2.57 bits per heavy atom. The minimum Gasteiger partial charge on any atom is -0.480 e. The zero-order valence-corrected chi connectivity index (χ0v) is 21.2. The second-order valence-electron chi connectivity index (χ2n) is 7.53. The first-order valence-electron chi connectivity index (χ1n) is 10.5. The van der Waals surface area contributed by atoms with Crippen LogP contribution in [-0.2, 0) is 14.8 Å². The van der Waals surface area contributed by atoms with Crippen LogP contribution < -0.4 is 20.3 Å². The third-order valence-electron chi connectivity index (χ3n) is 5.05. The third-order valence-corrected chi connectivity index (χ3v) is 8.10. The quantitative estimate of drug-likeness (QED) is 0.322. The number of ether oxygens (including phenoxy) is 2. The van der Waals surface area contributed by atoms with Gasteiger partial charge in [0.25, 0.3) is 15.6 Å². The molecule has 0 fully saturated rings. The molecular formula is C22H24N6O5S2. The van der Waals surface area contributed by atoms with Crippen LogP contribution in [0.15, 0.2) is 45.8 Å². The number of methoxy groups -OCH3 is 2. The number of sulfonamides is 1. The highest BCUT2D eigenvalue weighted by atomic mass is 32.2. The van der Waals surface area contributed by atoms with Crippen LogP contribution in [0.2, 0.25) is 0 Å². The summed E-state index contributed by atoms with van der Waals surface area (Å²) in [6.07, 6.45) is 4.65. The van der Waals surface area contributed by atoms with Crippen molar-refractivity contribution < 1.29 is 17.9 Å². The summed E-state index contributed by atoms with van der Waals surface area (Å²) in [5.41, 5.74) is 2.33. The molecule has 0 atom stereocenters. The summed E-state index contributed by atoms with van der Waals surface area (Å²) in [6, 6.07) is 5.08. The van der Waals surface area contributed by atoms with E-state index in [1.807, 2.05) is 0 Å². The Labute approximate surface area is 205 Å². The van der Waals surface area contributed by atoms with Crippen molar-refractivity contribution >= 4 is 38.4 Å². The van der Waals surface area contributed by atoms with E-state index >= 15 is 0 Å². The van der Waals surface area contributed by atoms with E-state index in [0.717, 1.165) is 11.3 Å². The molecule has 2 N–H and O–H groups in total. The van der Waals surface area contributed by atoms with E-state index in [1.54, 1.807) is 51.6 Å². The van der Waals surface area contributed by atoms with Crippen molar-refractivity contribution in [2.75, 3.05) is 37.4 Å². The summed E-state index contributed by atoms with van der Waals surface area (Å²) in [7, 11) is -0.927. The number of nitrogens with zero attached hydrogens (tertiary/aromatic N) is 4.